The highest BCUT2D eigenvalue weighted by atomic mass is 16.4. The first-order chi connectivity index (χ1) is 16.7. The summed E-state index contributed by atoms with van der Waals surface area (Å²) in [7, 11) is 0. The van der Waals surface area contributed by atoms with Gasteiger partial charge in [0.1, 0.15) is 0 Å². The summed E-state index contributed by atoms with van der Waals surface area (Å²) in [5.41, 5.74) is 4.97. The van der Waals surface area contributed by atoms with E-state index in [1.807, 2.05) is 85.3 Å². The van der Waals surface area contributed by atoms with Gasteiger partial charge >= 0.3 is 5.97 Å². The minimum Gasteiger partial charge on any atom is -0.481 e. The Labute approximate surface area is 205 Å². The summed E-state index contributed by atoms with van der Waals surface area (Å²) in [5, 5.41) is 19.3. The SMILES string of the molecule is CC(C)c1nn(Cc2ccc(NC(=O)c3ccc4ccccc4c3)cc2)c(C(C)C)c1CC(=O)O. The molecule has 1 heterocycles. The maximum atomic E-state index is 12.8. The molecule has 4 aromatic rings. The van der Waals surface area contributed by atoms with Gasteiger partial charge in [0.25, 0.3) is 5.91 Å². The summed E-state index contributed by atoms with van der Waals surface area (Å²) in [6.45, 7) is 8.73. The Hall–Kier alpha value is -3.93. The second-order valence-electron chi connectivity index (χ2n) is 9.50. The van der Waals surface area contributed by atoms with Crippen molar-refractivity contribution >= 4 is 28.3 Å². The third-order valence-electron chi connectivity index (χ3n) is 6.10. The maximum Gasteiger partial charge on any atom is 0.307 e. The van der Waals surface area contributed by atoms with Crippen LogP contribution in [0, 0.1) is 0 Å². The Balaban J connectivity index is 1.53. The van der Waals surface area contributed by atoms with Gasteiger partial charge in [0.15, 0.2) is 0 Å². The number of amides is 1. The van der Waals surface area contributed by atoms with Crippen LogP contribution < -0.4 is 5.32 Å². The molecule has 6 nitrogen and oxygen atoms in total. The van der Waals surface area contributed by atoms with Gasteiger partial charge in [-0.3, -0.25) is 14.3 Å². The van der Waals surface area contributed by atoms with Crippen molar-refractivity contribution in [3.63, 3.8) is 0 Å². The molecule has 35 heavy (non-hydrogen) atoms. The number of carboxylic acid groups (broad SMARTS) is 1. The molecule has 1 amide bonds. The highest BCUT2D eigenvalue weighted by Crippen LogP contribution is 2.29. The highest BCUT2D eigenvalue weighted by molar-refractivity contribution is 6.06. The molecular weight excluding hydrogens is 438 g/mol. The summed E-state index contributed by atoms with van der Waals surface area (Å²) < 4.78 is 1.93. The zero-order valence-corrected chi connectivity index (χ0v) is 20.6. The second kappa shape index (κ2) is 10.1. The molecule has 0 aliphatic rings. The number of aromatic nitrogens is 2. The number of nitrogens with one attached hydrogen (secondary N) is 1. The number of fused-ring (bicyclic) bond motifs is 1. The molecule has 0 fully saturated rings. The molecule has 2 N–H and O–H groups in total. The number of carbonyl (C=O) groups is 2. The van der Waals surface area contributed by atoms with Crippen LogP contribution in [0.5, 0.6) is 0 Å². The Morgan fingerprint density at radius 2 is 1.60 bits per heavy atom. The average molecular weight is 470 g/mol. The van der Waals surface area contributed by atoms with E-state index < -0.39 is 5.97 Å². The van der Waals surface area contributed by atoms with Crippen molar-refractivity contribution < 1.29 is 14.7 Å². The fourth-order valence-electron chi connectivity index (χ4n) is 4.49. The molecule has 0 bridgehead atoms. The van der Waals surface area contributed by atoms with Gasteiger partial charge in [-0.25, -0.2) is 0 Å². The van der Waals surface area contributed by atoms with Crippen LogP contribution in [-0.4, -0.2) is 26.8 Å². The normalized spacial score (nSPS) is 11.4. The first-order valence-corrected chi connectivity index (χ1v) is 11.9. The lowest BCUT2D eigenvalue weighted by Gasteiger charge is -2.13. The number of nitrogens with zero attached hydrogens (tertiary/aromatic N) is 2. The Kier molecular flexibility index (Phi) is 7.01. The van der Waals surface area contributed by atoms with E-state index in [-0.39, 0.29) is 24.2 Å². The van der Waals surface area contributed by atoms with E-state index in [0.29, 0.717) is 17.8 Å². The molecule has 0 atom stereocenters. The third-order valence-corrected chi connectivity index (χ3v) is 6.10. The summed E-state index contributed by atoms with van der Waals surface area (Å²) in [6, 6.07) is 21.3. The number of carboxylic acids is 1. The zero-order valence-electron chi connectivity index (χ0n) is 20.6. The predicted octanol–water partition coefficient (Wildman–Crippen LogP) is 6.21. The third kappa shape index (κ3) is 5.43. The summed E-state index contributed by atoms with van der Waals surface area (Å²) in [5.74, 6) is -0.724. The molecule has 0 spiro atoms. The first kappa shape index (κ1) is 24.2. The molecular formula is C29H31N3O3. The molecule has 0 unspecified atom stereocenters. The van der Waals surface area contributed by atoms with Gasteiger partial charge in [-0.2, -0.15) is 5.10 Å². The Morgan fingerprint density at radius 3 is 2.23 bits per heavy atom. The lowest BCUT2D eigenvalue weighted by molar-refractivity contribution is -0.136. The molecule has 6 heteroatoms. The van der Waals surface area contributed by atoms with Crippen LogP contribution in [0.1, 0.15) is 72.4 Å². The van der Waals surface area contributed by atoms with E-state index in [1.54, 1.807) is 0 Å². The molecule has 0 saturated carbocycles. The largest absolute Gasteiger partial charge is 0.481 e. The van der Waals surface area contributed by atoms with Crippen LogP contribution >= 0.6 is 0 Å². The van der Waals surface area contributed by atoms with E-state index in [4.69, 9.17) is 5.10 Å². The van der Waals surface area contributed by atoms with Gasteiger partial charge in [0.05, 0.1) is 18.7 Å². The summed E-state index contributed by atoms with van der Waals surface area (Å²) in [4.78, 5) is 24.3. The van der Waals surface area contributed by atoms with Crippen molar-refractivity contribution in [1.29, 1.82) is 0 Å². The number of aliphatic carboxylic acids is 1. The van der Waals surface area contributed by atoms with Crippen molar-refractivity contribution in [2.75, 3.05) is 5.32 Å². The number of rotatable bonds is 8. The van der Waals surface area contributed by atoms with Gasteiger partial charge in [-0.05, 0) is 52.4 Å². The molecule has 0 aliphatic heterocycles. The van der Waals surface area contributed by atoms with Crippen LogP contribution in [0.25, 0.3) is 10.8 Å². The molecule has 0 radical (unpaired) electrons. The lowest BCUT2D eigenvalue weighted by atomic mass is 9.96. The van der Waals surface area contributed by atoms with Gasteiger partial charge in [-0.1, -0.05) is 70.2 Å². The Bertz CT molecular complexity index is 1370. The summed E-state index contributed by atoms with van der Waals surface area (Å²) in [6.07, 6.45) is -0.0270. The zero-order chi connectivity index (χ0) is 25.1. The van der Waals surface area contributed by atoms with E-state index in [1.165, 1.54) is 0 Å². The number of hydrogen-bond donors (Lipinski definition) is 2. The van der Waals surface area contributed by atoms with E-state index in [9.17, 15) is 14.7 Å². The van der Waals surface area contributed by atoms with Crippen LogP contribution in [-0.2, 0) is 17.8 Å². The van der Waals surface area contributed by atoms with Crippen molar-refractivity contribution in [1.82, 2.24) is 9.78 Å². The smallest absolute Gasteiger partial charge is 0.307 e. The van der Waals surface area contributed by atoms with Gasteiger partial charge in [-0.15, -0.1) is 0 Å². The minimum atomic E-state index is -0.847. The fraction of sp³-hybridized carbons (Fsp3) is 0.276. The van der Waals surface area contributed by atoms with E-state index in [2.05, 4.69) is 19.2 Å². The van der Waals surface area contributed by atoms with Crippen LogP contribution in [0.3, 0.4) is 0 Å². The lowest BCUT2D eigenvalue weighted by Crippen LogP contribution is -2.12. The molecule has 0 saturated heterocycles. The van der Waals surface area contributed by atoms with Crippen molar-refractivity contribution in [3.8, 4) is 0 Å². The van der Waals surface area contributed by atoms with Crippen LogP contribution in [0.15, 0.2) is 66.7 Å². The molecule has 180 valence electrons. The fourth-order valence-corrected chi connectivity index (χ4v) is 4.49. The van der Waals surface area contributed by atoms with Gasteiger partial charge in [0, 0.05) is 22.5 Å². The number of carbonyl (C=O) groups excluding carboxylic acids is 1. The number of benzene rings is 3. The van der Waals surface area contributed by atoms with Crippen molar-refractivity contribution in [3.05, 3.63) is 94.8 Å². The minimum absolute atomic E-state index is 0.0270. The first-order valence-electron chi connectivity index (χ1n) is 11.9. The Morgan fingerprint density at radius 1 is 0.914 bits per heavy atom. The second-order valence-corrected chi connectivity index (χ2v) is 9.50. The van der Waals surface area contributed by atoms with Crippen molar-refractivity contribution in [2.45, 2.75) is 52.5 Å². The number of anilines is 1. The van der Waals surface area contributed by atoms with Gasteiger partial charge in [0.2, 0.25) is 0 Å². The molecule has 0 aliphatic carbocycles. The van der Waals surface area contributed by atoms with Gasteiger partial charge < -0.3 is 10.4 Å². The topological polar surface area (TPSA) is 84.2 Å². The van der Waals surface area contributed by atoms with Crippen LogP contribution in [0.4, 0.5) is 5.69 Å². The number of hydrogen-bond acceptors (Lipinski definition) is 3. The average Bonchev–Trinajstić information content (AvgIpc) is 3.17. The standard InChI is InChI=1S/C29H31N3O3/c1-18(2)27-25(16-26(33)34)28(19(3)4)32(31-27)17-20-9-13-24(14-10-20)30-29(35)23-12-11-21-7-5-6-8-22(21)15-23/h5-15,18-19H,16-17H2,1-4H3,(H,30,35)(H,33,34). The van der Waals surface area contributed by atoms with E-state index in [0.717, 1.165) is 33.3 Å². The quantitative estimate of drug-likeness (QED) is 0.321. The predicted molar refractivity (Wildman–Crippen MR) is 139 cm³/mol. The monoisotopic (exact) mass is 469 g/mol. The van der Waals surface area contributed by atoms with Crippen molar-refractivity contribution in [2.24, 2.45) is 0 Å². The highest BCUT2D eigenvalue weighted by Gasteiger charge is 2.23. The van der Waals surface area contributed by atoms with E-state index >= 15 is 0 Å². The molecule has 4 rings (SSSR count). The molecule has 3 aromatic carbocycles. The summed E-state index contributed by atoms with van der Waals surface area (Å²) >= 11 is 0. The molecule has 1 aromatic heterocycles. The maximum absolute atomic E-state index is 12.8. The van der Waals surface area contributed by atoms with Crippen LogP contribution in [0.2, 0.25) is 0 Å².